The van der Waals surface area contributed by atoms with Crippen molar-refractivity contribution in [2.24, 2.45) is 11.1 Å². The zero-order chi connectivity index (χ0) is 13.6. The molecule has 6 nitrogen and oxygen atoms in total. The van der Waals surface area contributed by atoms with Crippen LogP contribution in [-0.4, -0.2) is 28.9 Å². The molecule has 17 heavy (non-hydrogen) atoms. The van der Waals surface area contributed by atoms with Gasteiger partial charge in [-0.05, 0) is 12.3 Å². The molecule has 0 fully saturated rings. The second kappa shape index (κ2) is 6.22. The monoisotopic (exact) mass is 244 g/mol. The van der Waals surface area contributed by atoms with Gasteiger partial charge in [0.05, 0.1) is 6.42 Å². The van der Waals surface area contributed by atoms with Crippen LogP contribution in [0.1, 0.15) is 40.0 Å². The number of carboxylic acids is 1. The molecule has 0 saturated heterocycles. The van der Waals surface area contributed by atoms with Crippen LogP contribution < -0.4 is 11.1 Å². The summed E-state index contributed by atoms with van der Waals surface area (Å²) < 4.78 is 0. The molecule has 0 aliphatic rings. The number of carboxylic acid groups (broad SMARTS) is 1. The number of nitrogens with one attached hydrogen (secondary N) is 1. The van der Waals surface area contributed by atoms with E-state index in [0.29, 0.717) is 0 Å². The van der Waals surface area contributed by atoms with Crippen molar-refractivity contribution in [3.8, 4) is 0 Å². The Morgan fingerprint density at radius 3 is 2.24 bits per heavy atom. The number of amides is 2. The number of primary amides is 1. The number of aliphatic carboxylic acids is 1. The van der Waals surface area contributed by atoms with Crippen molar-refractivity contribution in [2.75, 3.05) is 0 Å². The van der Waals surface area contributed by atoms with Crippen LogP contribution in [0.3, 0.4) is 0 Å². The molecule has 1 atom stereocenters. The number of rotatable bonds is 7. The Morgan fingerprint density at radius 1 is 1.29 bits per heavy atom. The predicted octanol–water partition coefficient (Wildman–Crippen LogP) is 0.257. The summed E-state index contributed by atoms with van der Waals surface area (Å²) in [5, 5.41) is 11.3. The molecule has 0 spiro atoms. The van der Waals surface area contributed by atoms with Crippen LogP contribution in [0, 0.1) is 5.41 Å². The van der Waals surface area contributed by atoms with Crippen LogP contribution in [0.4, 0.5) is 0 Å². The molecular weight excluding hydrogens is 224 g/mol. The normalized spacial score (nSPS) is 12.9. The molecule has 0 aliphatic carbocycles. The molecule has 0 aromatic rings. The van der Waals surface area contributed by atoms with E-state index in [2.05, 4.69) is 5.32 Å². The molecule has 0 aromatic carbocycles. The van der Waals surface area contributed by atoms with Gasteiger partial charge in [-0.1, -0.05) is 13.8 Å². The smallest absolute Gasteiger partial charge is 0.303 e. The number of nitrogens with two attached hydrogens (primary N) is 1. The topological polar surface area (TPSA) is 109 Å². The van der Waals surface area contributed by atoms with E-state index in [1.165, 1.54) is 0 Å². The molecule has 0 radical (unpaired) electrons. The molecule has 0 aromatic heterocycles. The minimum absolute atomic E-state index is 0.0745. The lowest BCUT2D eigenvalue weighted by Gasteiger charge is -2.22. The SMILES string of the molecule is CC(CC(N)=O)NC(=O)CC(C)(C)CC(=O)O. The molecule has 98 valence electrons. The first-order valence-electron chi connectivity index (χ1n) is 5.42. The van der Waals surface area contributed by atoms with E-state index in [0.717, 1.165) is 0 Å². The summed E-state index contributed by atoms with van der Waals surface area (Å²) in [7, 11) is 0. The van der Waals surface area contributed by atoms with Gasteiger partial charge in [-0.15, -0.1) is 0 Å². The highest BCUT2D eigenvalue weighted by Gasteiger charge is 2.25. The largest absolute Gasteiger partial charge is 0.481 e. The number of hydrogen-bond donors (Lipinski definition) is 3. The quantitative estimate of drug-likeness (QED) is 0.596. The second-order valence-electron chi connectivity index (χ2n) is 5.05. The van der Waals surface area contributed by atoms with E-state index in [-0.39, 0.29) is 31.2 Å². The highest BCUT2D eigenvalue weighted by Crippen LogP contribution is 2.24. The molecule has 0 heterocycles. The molecule has 0 saturated carbocycles. The van der Waals surface area contributed by atoms with Crippen molar-refractivity contribution < 1.29 is 19.5 Å². The summed E-state index contributed by atoms with van der Waals surface area (Å²) in [6.07, 6.45) is 0.0954. The van der Waals surface area contributed by atoms with Crippen LogP contribution >= 0.6 is 0 Å². The molecule has 0 rings (SSSR count). The zero-order valence-corrected chi connectivity index (χ0v) is 10.4. The minimum Gasteiger partial charge on any atom is -0.481 e. The van der Waals surface area contributed by atoms with Gasteiger partial charge in [-0.25, -0.2) is 0 Å². The molecule has 2 amide bonds. The number of carbonyl (C=O) groups is 3. The Bertz CT molecular complexity index is 313. The third-order valence-electron chi connectivity index (χ3n) is 2.18. The van der Waals surface area contributed by atoms with Gasteiger partial charge in [0, 0.05) is 18.9 Å². The molecular formula is C11H20N2O4. The first kappa shape index (κ1) is 15.4. The van der Waals surface area contributed by atoms with Crippen LogP contribution in [0.15, 0.2) is 0 Å². The van der Waals surface area contributed by atoms with Gasteiger partial charge in [0.2, 0.25) is 11.8 Å². The van der Waals surface area contributed by atoms with Crippen molar-refractivity contribution in [2.45, 2.75) is 46.1 Å². The highest BCUT2D eigenvalue weighted by atomic mass is 16.4. The maximum absolute atomic E-state index is 11.6. The Balaban J connectivity index is 4.17. The maximum Gasteiger partial charge on any atom is 0.303 e. The lowest BCUT2D eigenvalue weighted by Crippen LogP contribution is -2.38. The minimum atomic E-state index is -0.937. The first-order valence-corrected chi connectivity index (χ1v) is 5.42. The standard InChI is InChI=1S/C11H20N2O4/c1-7(4-8(12)14)13-9(15)5-11(2,3)6-10(16)17/h7H,4-6H2,1-3H3,(H2,12,14)(H,13,15)(H,16,17). The summed E-state index contributed by atoms with van der Waals surface area (Å²) in [5.74, 6) is -1.69. The molecule has 6 heteroatoms. The van der Waals surface area contributed by atoms with Crippen LogP contribution in [0.25, 0.3) is 0 Å². The van der Waals surface area contributed by atoms with Crippen molar-refractivity contribution in [1.82, 2.24) is 5.32 Å². The lowest BCUT2D eigenvalue weighted by molar-refractivity contribution is -0.139. The summed E-state index contributed by atoms with van der Waals surface area (Å²) in [6.45, 7) is 5.09. The Labute approximate surface area is 101 Å². The average molecular weight is 244 g/mol. The van der Waals surface area contributed by atoms with Crippen LogP contribution in [0.5, 0.6) is 0 Å². The average Bonchev–Trinajstić information content (AvgIpc) is 1.95. The molecule has 0 bridgehead atoms. The molecule has 0 aliphatic heterocycles. The van der Waals surface area contributed by atoms with Gasteiger partial charge in [-0.2, -0.15) is 0 Å². The van der Waals surface area contributed by atoms with E-state index in [1.54, 1.807) is 20.8 Å². The lowest BCUT2D eigenvalue weighted by atomic mass is 9.85. The Hall–Kier alpha value is -1.59. The van der Waals surface area contributed by atoms with Crippen LogP contribution in [0.2, 0.25) is 0 Å². The van der Waals surface area contributed by atoms with E-state index in [1.807, 2.05) is 0 Å². The first-order chi connectivity index (χ1) is 7.62. The van der Waals surface area contributed by atoms with E-state index in [4.69, 9.17) is 10.8 Å². The van der Waals surface area contributed by atoms with E-state index in [9.17, 15) is 14.4 Å². The third kappa shape index (κ3) is 8.24. The molecule has 4 N–H and O–H groups in total. The summed E-state index contributed by atoms with van der Waals surface area (Å²) in [5.41, 5.74) is 4.39. The van der Waals surface area contributed by atoms with Gasteiger partial charge in [0.15, 0.2) is 0 Å². The predicted molar refractivity (Wildman–Crippen MR) is 62.1 cm³/mol. The van der Waals surface area contributed by atoms with Gasteiger partial charge in [-0.3, -0.25) is 14.4 Å². The third-order valence-corrected chi connectivity index (χ3v) is 2.18. The fourth-order valence-electron chi connectivity index (χ4n) is 1.59. The number of carbonyl (C=O) groups excluding carboxylic acids is 2. The molecule has 1 unspecified atom stereocenters. The van der Waals surface area contributed by atoms with Gasteiger partial charge >= 0.3 is 5.97 Å². The summed E-state index contributed by atoms with van der Waals surface area (Å²) in [4.78, 5) is 32.8. The summed E-state index contributed by atoms with van der Waals surface area (Å²) in [6, 6.07) is -0.333. The summed E-state index contributed by atoms with van der Waals surface area (Å²) >= 11 is 0. The van der Waals surface area contributed by atoms with Gasteiger partial charge < -0.3 is 16.2 Å². The number of hydrogen-bond acceptors (Lipinski definition) is 3. The van der Waals surface area contributed by atoms with Gasteiger partial charge in [0.1, 0.15) is 0 Å². The van der Waals surface area contributed by atoms with Crippen molar-refractivity contribution in [3.05, 3.63) is 0 Å². The van der Waals surface area contributed by atoms with E-state index < -0.39 is 17.3 Å². The Morgan fingerprint density at radius 2 is 1.82 bits per heavy atom. The van der Waals surface area contributed by atoms with E-state index >= 15 is 0 Å². The van der Waals surface area contributed by atoms with Crippen molar-refractivity contribution in [1.29, 1.82) is 0 Å². The Kier molecular flexibility index (Phi) is 5.64. The second-order valence-corrected chi connectivity index (χ2v) is 5.05. The highest BCUT2D eigenvalue weighted by molar-refractivity contribution is 5.79. The zero-order valence-electron chi connectivity index (χ0n) is 10.4. The van der Waals surface area contributed by atoms with Crippen molar-refractivity contribution in [3.63, 3.8) is 0 Å². The maximum atomic E-state index is 11.6. The van der Waals surface area contributed by atoms with Crippen molar-refractivity contribution >= 4 is 17.8 Å². The van der Waals surface area contributed by atoms with Crippen LogP contribution in [-0.2, 0) is 14.4 Å². The van der Waals surface area contributed by atoms with Gasteiger partial charge in [0.25, 0.3) is 0 Å². The fraction of sp³-hybridized carbons (Fsp3) is 0.727. The fourth-order valence-corrected chi connectivity index (χ4v) is 1.59.